The molecule has 0 aliphatic carbocycles. The van der Waals surface area contributed by atoms with E-state index in [9.17, 15) is 9.59 Å². The fourth-order valence-electron chi connectivity index (χ4n) is 2.03. The molecular weight excluding hydrogens is 284 g/mol. The van der Waals surface area contributed by atoms with Crippen molar-refractivity contribution in [3.63, 3.8) is 0 Å². The Bertz CT molecular complexity index is 560. The first-order chi connectivity index (χ1) is 9.47. The molecule has 7 nitrogen and oxygen atoms in total. The van der Waals surface area contributed by atoms with Gasteiger partial charge < -0.3 is 19.9 Å². The number of anilines is 1. The number of halogens is 1. The predicted octanol–water partition coefficient (Wildman–Crippen LogP) is 0.391. The molecule has 2 heterocycles. The van der Waals surface area contributed by atoms with Crippen molar-refractivity contribution in [3.05, 3.63) is 21.2 Å². The lowest BCUT2D eigenvalue weighted by Gasteiger charge is -2.32. The summed E-state index contributed by atoms with van der Waals surface area (Å²) in [6.07, 6.45) is -0.148. The average molecular weight is 301 g/mol. The van der Waals surface area contributed by atoms with Crippen molar-refractivity contribution in [3.8, 4) is 0 Å². The highest BCUT2D eigenvalue weighted by atomic mass is 35.5. The number of H-pyrrole nitrogens is 1. The lowest BCUT2D eigenvalue weighted by Crippen LogP contribution is -2.47. The fraction of sp³-hybridized carbons (Fsp3) is 0.583. The molecule has 0 radical (unpaired) electrons. The second kappa shape index (κ2) is 6.23. The number of rotatable bonds is 3. The standard InChI is InChI=1S/C12H17ClN4O3/c1-7-15-11(10(13)12(19)16-7)14-5-9-6-17(8(2)18)3-4-20-9/h9H,3-6H2,1-2H3,(H2,14,15,16,19)/t9-/m1/s1. The number of amides is 1. The van der Waals surface area contributed by atoms with Gasteiger partial charge in [0.25, 0.3) is 5.56 Å². The van der Waals surface area contributed by atoms with Crippen LogP contribution in [0.1, 0.15) is 12.7 Å². The highest BCUT2D eigenvalue weighted by Gasteiger charge is 2.22. The minimum absolute atomic E-state index is 0.0230. The highest BCUT2D eigenvalue weighted by molar-refractivity contribution is 6.32. The van der Waals surface area contributed by atoms with Crippen LogP contribution in [0.25, 0.3) is 0 Å². The maximum atomic E-state index is 11.5. The monoisotopic (exact) mass is 300 g/mol. The third kappa shape index (κ3) is 3.49. The average Bonchev–Trinajstić information content (AvgIpc) is 2.41. The molecule has 2 N–H and O–H groups in total. The van der Waals surface area contributed by atoms with Crippen LogP contribution in [0.3, 0.4) is 0 Å². The van der Waals surface area contributed by atoms with Gasteiger partial charge in [0.15, 0.2) is 5.82 Å². The van der Waals surface area contributed by atoms with Crippen molar-refractivity contribution >= 4 is 23.3 Å². The van der Waals surface area contributed by atoms with Crippen LogP contribution in [-0.2, 0) is 9.53 Å². The predicted molar refractivity (Wildman–Crippen MR) is 75.1 cm³/mol. The molecule has 8 heteroatoms. The largest absolute Gasteiger partial charge is 0.373 e. The zero-order chi connectivity index (χ0) is 14.7. The number of aryl methyl sites for hydroxylation is 1. The number of aromatic amines is 1. The maximum Gasteiger partial charge on any atom is 0.271 e. The molecule has 1 aromatic heterocycles. The van der Waals surface area contributed by atoms with Gasteiger partial charge in [-0.05, 0) is 6.92 Å². The number of nitrogens with one attached hydrogen (secondary N) is 2. The third-order valence-electron chi connectivity index (χ3n) is 3.06. The minimum Gasteiger partial charge on any atom is -0.373 e. The Morgan fingerprint density at radius 2 is 2.40 bits per heavy atom. The van der Waals surface area contributed by atoms with E-state index in [-0.39, 0.29) is 22.6 Å². The Labute approximate surface area is 121 Å². The topological polar surface area (TPSA) is 87.3 Å². The van der Waals surface area contributed by atoms with Crippen LogP contribution >= 0.6 is 11.6 Å². The van der Waals surface area contributed by atoms with Gasteiger partial charge in [-0.1, -0.05) is 11.6 Å². The third-order valence-corrected chi connectivity index (χ3v) is 3.41. The molecule has 1 saturated heterocycles. The number of aromatic nitrogens is 2. The zero-order valence-electron chi connectivity index (χ0n) is 11.4. The molecule has 1 aromatic rings. The Balaban J connectivity index is 1.99. The van der Waals surface area contributed by atoms with Gasteiger partial charge in [0.1, 0.15) is 10.8 Å². The molecule has 20 heavy (non-hydrogen) atoms. The van der Waals surface area contributed by atoms with E-state index >= 15 is 0 Å². The van der Waals surface area contributed by atoms with E-state index in [2.05, 4.69) is 15.3 Å². The Morgan fingerprint density at radius 1 is 1.65 bits per heavy atom. The fourth-order valence-corrected chi connectivity index (χ4v) is 2.18. The molecule has 1 aliphatic heterocycles. The summed E-state index contributed by atoms with van der Waals surface area (Å²) in [5.74, 6) is 0.842. The van der Waals surface area contributed by atoms with Gasteiger partial charge in [0.2, 0.25) is 5.91 Å². The zero-order valence-corrected chi connectivity index (χ0v) is 12.2. The molecule has 0 saturated carbocycles. The molecule has 110 valence electrons. The first-order valence-electron chi connectivity index (χ1n) is 6.34. The Morgan fingerprint density at radius 3 is 3.10 bits per heavy atom. The van der Waals surface area contributed by atoms with Crippen molar-refractivity contribution < 1.29 is 9.53 Å². The molecule has 0 bridgehead atoms. The van der Waals surface area contributed by atoms with Crippen LogP contribution in [-0.4, -0.2) is 53.1 Å². The summed E-state index contributed by atoms with van der Waals surface area (Å²) in [7, 11) is 0. The summed E-state index contributed by atoms with van der Waals surface area (Å²) in [6.45, 7) is 5.27. The molecule has 0 aromatic carbocycles. The van der Waals surface area contributed by atoms with Gasteiger partial charge in [0, 0.05) is 26.6 Å². The first-order valence-corrected chi connectivity index (χ1v) is 6.72. The van der Waals surface area contributed by atoms with Crippen LogP contribution in [0.2, 0.25) is 5.02 Å². The Hall–Kier alpha value is -1.60. The lowest BCUT2D eigenvalue weighted by atomic mass is 10.2. The van der Waals surface area contributed by atoms with Crippen molar-refractivity contribution in [2.75, 3.05) is 31.6 Å². The van der Waals surface area contributed by atoms with E-state index in [0.29, 0.717) is 37.9 Å². The lowest BCUT2D eigenvalue weighted by molar-refractivity contribution is -0.135. The Kier molecular flexibility index (Phi) is 4.61. The molecule has 1 amide bonds. The second-order valence-corrected chi connectivity index (χ2v) is 5.03. The van der Waals surface area contributed by atoms with E-state index in [0.717, 1.165) is 0 Å². The van der Waals surface area contributed by atoms with E-state index in [1.165, 1.54) is 6.92 Å². The number of ether oxygens (including phenoxy) is 1. The summed E-state index contributed by atoms with van der Waals surface area (Å²) in [5, 5.41) is 3.02. The number of hydrogen-bond acceptors (Lipinski definition) is 5. The van der Waals surface area contributed by atoms with Gasteiger partial charge in [-0.25, -0.2) is 4.98 Å². The van der Waals surface area contributed by atoms with E-state index in [1.807, 2.05) is 0 Å². The van der Waals surface area contributed by atoms with Crippen LogP contribution in [0.4, 0.5) is 5.82 Å². The van der Waals surface area contributed by atoms with Crippen LogP contribution < -0.4 is 10.9 Å². The van der Waals surface area contributed by atoms with Gasteiger partial charge in [-0.2, -0.15) is 0 Å². The van der Waals surface area contributed by atoms with Crippen LogP contribution in [0.5, 0.6) is 0 Å². The smallest absolute Gasteiger partial charge is 0.271 e. The van der Waals surface area contributed by atoms with Crippen LogP contribution in [0, 0.1) is 6.92 Å². The molecular formula is C12H17ClN4O3. The summed E-state index contributed by atoms with van der Waals surface area (Å²) in [5.41, 5.74) is -0.378. The summed E-state index contributed by atoms with van der Waals surface area (Å²) < 4.78 is 5.57. The molecule has 1 aliphatic rings. The number of nitrogens with zero attached hydrogens (tertiary/aromatic N) is 2. The summed E-state index contributed by atoms with van der Waals surface area (Å²) in [4.78, 5) is 31.2. The molecule has 0 unspecified atom stereocenters. The van der Waals surface area contributed by atoms with Gasteiger partial charge in [0.05, 0.1) is 12.7 Å². The van der Waals surface area contributed by atoms with Crippen molar-refractivity contribution in [2.24, 2.45) is 0 Å². The number of carbonyl (C=O) groups excluding carboxylic acids is 1. The normalized spacial score (nSPS) is 18.9. The summed E-state index contributed by atoms with van der Waals surface area (Å²) >= 11 is 5.89. The van der Waals surface area contributed by atoms with E-state index < -0.39 is 0 Å². The first kappa shape index (κ1) is 14.8. The number of carbonyl (C=O) groups is 1. The van der Waals surface area contributed by atoms with E-state index in [1.54, 1.807) is 11.8 Å². The number of hydrogen-bond donors (Lipinski definition) is 2. The van der Waals surface area contributed by atoms with E-state index in [4.69, 9.17) is 16.3 Å². The van der Waals surface area contributed by atoms with Crippen molar-refractivity contribution in [1.29, 1.82) is 0 Å². The quantitative estimate of drug-likeness (QED) is 0.843. The van der Waals surface area contributed by atoms with Gasteiger partial charge in [-0.15, -0.1) is 0 Å². The van der Waals surface area contributed by atoms with Crippen LogP contribution in [0.15, 0.2) is 4.79 Å². The molecule has 1 atom stereocenters. The van der Waals surface area contributed by atoms with Crippen molar-refractivity contribution in [1.82, 2.24) is 14.9 Å². The highest BCUT2D eigenvalue weighted by Crippen LogP contribution is 2.14. The maximum absolute atomic E-state index is 11.5. The van der Waals surface area contributed by atoms with Crippen molar-refractivity contribution in [2.45, 2.75) is 20.0 Å². The number of morpholine rings is 1. The SMILES string of the molecule is CC(=O)N1CCO[C@H](CNc2nc(C)[nH]c(=O)c2Cl)C1. The van der Waals surface area contributed by atoms with Gasteiger partial charge >= 0.3 is 0 Å². The molecule has 2 rings (SSSR count). The van der Waals surface area contributed by atoms with Gasteiger partial charge in [-0.3, -0.25) is 9.59 Å². The minimum atomic E-state index is -0.378. The molecule has 0 spiro atoms. The second-order valence-electron chi connectivity index (χ2n) is 4.65. The summed E-state index contributed by atoms with van der Waals surface area (Å²) in [6, 6.07) is 0. The molecule has 1 fully saturated rings.